The van der Waals surface area contributed by atoms with Crippen molar-refractivity contribution in [3.8, 4) is 11.3 Å². The summed E-state index contributed by atoms with van der Waals surface area (Å²) in [4.78, 5) is 2.46. The molecule has 146 valence electrons. The van der Waals surface area contributed by atoms with Gasteiger partial charge >= 0.3 is 0 Å². The Hall–Kier alpha value is -2.18. The molecule has 0 bridgehead atoms. The summed E-state index contributed by atoms with van der Waals surface area (Å²) in [6.07, 6.45) is 2.07. The molecule has 1 fully saturated rings. The van der Waals surface area contributed by atoms with E-state index in [-0.39, 0.29) is 6.10 Å². The van der Waals surface area contributed by atoms with E-state index in [1.54, 1.807) is 0 Å². The number of nitrogens with one attached hydrogen (secondary N) is 2. The minimum absolute atomic E-state index is 0.198. The molecule has 1 aliphatic heterocycles. The molecular weight excluding hydrogens is 372 g/mol. The monoisotopic (exact) mass is 396 g/mol. The number of halogens is 1. The van der Waals surface area contributed by atoms with E-state index < -0.39 is 0 Å². The number of nitrogens with zero attached hydrogens (tertiary/aromatic N) is 2. The summed E-state index contributed by atoms with van der Waals surface area (Å²) in [7, 11) is 0. The number of ether oxygens (including phenoxy) is 1. The van der Waals surface area contributed by atoms with Gasteiger partial charge in [-0.1, -0.05) is 54.1 Å². The molecule has 1 aliphatic rings. The highest BCUT2D eigenvalue weighted by atomic mass is 35.5. The number of hydrogen-bond donors (Lipinski definition) is 2. The molecule has 0 saturated carbocycles. The zero-order chi connectivity index (χ0) is 19.2. The quantitative estimate of drug-likeness (QED) is 0.639. The summed E-state index contributed by atoms with van der Waals surface area (Å²) in [6, 6.07) is 18.4. The van der Waals surface area contributed by atoms with E-state index in [2.05, 4.69) is 50.7 Å². The van der Waals surface area contributed by atoms with Crippen molar-refractivity contribution in [3.05, 3.63) is 76.9 Å². The van der Waals surface area contributed by atoms with Crippen molar-refractivity contribution < 1.29 is 4.74 Å². The van der Waals surface area contributed by atoms with Gasteiger partial charge < -0.3 is 10.1 Å². The lowest BCUT2D eigenvalue weighted by Gasteiger charge is -2.33. The summed E-state index contributed by atoms with van der Waals surface area (Å²) in [5.41, 5.74) is 4.60. The van der Waals surface area contributed by atoms with Gasteiger partial charge in [0.1, 0.15) is 0 Å². The minimum atomic E-state index is 0.198. The first kappa shape index (κ1) is 19.2. The fourth-order valence-electron chi connectivity index (χ4n) is 3.57. The fraction of sp³-hybridized carbons (Fsp3) is 0.318. The van der Waals surface area contributed by atoms with Crippen LogP contribution in [0.4, 0.5) is 0 Å². The Morgan fingerprint density at radius 3 is 2.79 bits per heavy atom. The molecule has 2 aromatic carbocycles. The first-order valence-corrected chi connectivity index (χ1v) is 10.0. The Morgan fingerprint density at radius 2 is 1.96 bits per heavy atom. The van der Waals surface area contributed by atoms with Crippen LogP contribution in [0.5, 0.6) is 0 Å². The average molecular weight is 397 g/mol. The molecule has 0 spiro atoms. The standard InChI is InChI=1S/C22H25ClN4O/c23-20-8-6-18(7-9-20)22-19(13-25-26-22)12-24-14-21-16-27(10-11-28-21)15-17-4-2-1-3-5-17/h1-9,13,21,24H,10-12,14-16H2,(H,25,26)/t21-/m1/s1. The van der Waals surface area contributed by atoms with E-state index in [1.165, 1.54) is 5.56 Å². The van der Waals surface area contributed by atoms with Crippen molar-refractivity contribution in [1.29, 1.82) is 0 Å². The van der Waals surface area contributed by atoms with Crippen LogP contribution in [0, 0.1) is 0 Å². The highest BCUT2D eigenvalue weighted by molar-refractivity contribution is 6.30. The van der Waals surface area contributed by atoms with Gasteiger partial charge in [-0.2, -0.15) is 5.10 Å². The smallest absolute Gasteiger partial charge is 0.0826 e. The molecule has 1 atom stereocenters. The van der Waals surface area contributed by atoms with Crippen molar-refractivity contribution in [2.75, 3.05) is 26.2 Å². The third kappa shape index (κ3) is 5.00. The first-order valence-electron chi connectivity index (χ1n) is 9.65. The van der Waals surface area contributed by atoms with Gasteiger partial charge in [-0.15, -0.1) is 0 Å². The lowest BCUT2D eigenvalue weighted by atomic mass is 10.1. The highest BCUT2D eigenvalue weighted by Crippen LogP contribution is 2.22. The largest absolute Gasteiger partial charge is 0.374 e. The summed E-state index contributed by atoms with van der Waals surface area (Å²) in [6.45, 7) is 5.23. The van der Waals surface area contributed by atoms with Crippen molar-refractivity contribution in [3.63, 3.8) is 0 Å². The molecule has 0 aliphatic carbocycles. The Labute approximate surface area is 170 Å². The van der Waals surface area contributed by atoms with Crippen LogP contribution < -0.4 is 5.32 Å². The maximum atomic E-state index is 5.99. The maximum absolute atomic E-state index is 5.99. The van der Waals surface area contributed by atoms with Crippen LogP contribution in [0.15, 0.2) is 60.8 Å². The van der Waals surface area contributed by atoms with Crippen molar-refractivity contribution in [2.24, 2.45) is 0 Å². The molecule has 1 aromatic heterocycles. The Morgan fingerprint density at radius 1 is 1.14 bits per heavy atom. The summed E-state index contributed by atoms with van der Waals surface area (Å²) >= 11 is 5.99. The number of hydrogen-bond acceptors (Lipinski definition) is 4. The SMILES string of the molecule is Clc1ccc(-c2[nH]ncc2CNC[C@@H]2CN(Cc3ccccc3)CCO2)cc1. The summed E-state index contributed by atoms with van der Waals surface area (Å²) < 4.78 is 5.95. The van der Waals surface area contributed by atoms with Crippen molar-refractivity contribution in [2.45, 2.75) is 19.2 Å². The topological polar surface area (TPSA) is 53.2 Å². The second kappa shape index (κ2) is 9.34. The van der Waals surface area contributed by atoms with Gasteiger partial charge in [0.25, 0.3) is 0 Å². The van der Waals surface area contributed by atoms with E-state index in [9.17, 15) is 0 Å². The zero-order valence-corrected chi connectivity index (χ0v) is 16.5. The van der Waals surface area contributed by atoms with E-state index in [0.29, 0.717) is 0 Å². The fourth-order valence-corrected chi connectivity index (χ4v) is 3.69. The maximum Gasteiger partial charge on any atom is 0.0826 e. The van der Waals surface area contributed by atoms with Crippen LogP contribution in [-0.2, 0) is 17.8 Å². The van der Waals surface area contributed by atoms with Crippen LogP contribution in [0.3, 0.4) is 0 Å². The molecule has 0 radical (unpaired) electrons. The van der Waals surface area contributed by atoms with Crippen LogP contribution in [0.2, 0.25) is 5.02 Å². The number of morpholine rings is 1. The van der Waals surface area contributed by atoms with Gasteiger partial charge in [-0.05, 0) is 23.3 Å². The number of aromatic nitrogens is 2. The summed E-state index contributed by atoms with van der Waals surface area (Å²) in [5.74, 6) is 0. The number of H-pyrrole nitrogens is 1. The molecule has 4 rings (SSSR count). The lowest BCUT2D eigenvalue weighted by molar-refractivity contribution is -0.0300. The molecule has 2 heterocycles. The molecular formula is C22H25ClN4O. The van der Waals surface area contributed by atoms with E-state index in [0.717, 1.165) is 61.2 Å². The third-order valence-electron chi connectivity index (χ3n) is 5.01. The van der Waals surface area contributed by atoms with Gasteiger partial charge in [0.2, 0.25) is 0 Å². The van der Waals surface area contributed by atoms with Gasteiger partial charge in [-0.25, -0.2) is 0 Å². The van der Waals surface area contributed by atoms with Crippen LogP contribution in [-0.4, -0.2) is 47.4 Å². The Balaban J connectivity index is 1.28. The average Bonchev–Trinajstić information content (AvgIpc) is 3.18. The molecule has 2 N–H and O–H groups in total. The molecule has 0 unspecified atom stereocenters. The third-order valence-corrected chi connectivity index (χ3v) is 5.26. The predicted octanol–water partition coefficient (Wildman–Crippen LogP) is 3.72. The van der Waals surface area contributed by atoms with E-state index in [1.807, 2.05) is 30.5 Å². The minimum Gasteiger partial charge on any atom is -0.374 e. The van der Waals surface area contributed by atoms with Gasteiger partial charge in [0, 0.05) is 43.3 Å². The van der Waals surface area contributed by atoms with Gasteiger partial charge in [-0.3, -0.25) is 10.00 Å². The van der Waals surface area contributed by atoms with Crippen LogP contribution in [0.1, 0.15) is 11.1 Å². The summed E-state index contributed by atoms with van der Waals surface area (Å²) in [5, 5.41) is 11.6. The first-order chi connectivity index (χ1) is 13.8. The van der Waals surface area contributed by atoms with Gasteiger partial charge in [0.15, 0.2) is 0 Å². The molecule has 6 heteroatoms. The van der Waals surface area contributed by atoms with Gasteiger partial charge in [0.05, 0.1) is 24.6 Å². The molecule has 3 aromatic rings. The zero-order valence-electron chi connectivity index (χ0n) is 15.8. The molecule has 28 heavy (non-hydrogen) atoms. The van der Waals surface area contributed by atoms with Crippen molar-refractivity contribution in [1.82, 2.24) is 20.4 Å². The molecule has 5 nitrogen and oxygen atoms in total. The Kier molecular flexibility index (Phi) is 6.39. The van der Waals surface area contributed by atoms with E-state index in [4.69, 9.17) is 16.3 Å². The van der Waals surface area contributed by atoms with E-state index >= 15 is 0 Å². The highest BCUT2D eigenvalue weighted by Gasteiger charge is 2.20. The van der Waals surface area contributed by atoms with Crippen LogP contribution >= 0.6 is 11.6 Å². The number of benzene rings is 2. The lowest BCUT2D eigenvalue weighted by Crippen LogP contribution is -2.46. The normalized spacial score (nSPS) is 17.7. The number of rotatable bonds is 7. The van der Waals surface area contributed by atoms with Crippen molar-refractivity contribution >= 4 is 11.6 Å². The number of aromatic amines is 1. The van der Waals surface area contributed by atoms with Crippen LogP contribution in [0.25, 0.3) is 11.3 Å². The molecule has 1 saturated heterocycles. The Bertz CT molecular complexity index is 866. The second-order valence-corrected chi connectivity index (χ2v) is 7.56. The molecule has 0 amide bonds. The second-order valence-electron chi connectivity index (χ2n) is 7.12. The predicted molar refractivity (Wildman–Crippen MR) is 112 cm³/mol.